The number of nitrogens with two attached hydrogens (primary N) is 1. The van der Waals surface area contributed by atoms with E-state index in [1.807, 2.05) is 5.43 Å². The number of nitrogen functional groups attached to an aromatic ring is 1. The quantitative estimate of drug-likeness (QED) is 0.437. The highest BCUT2D eigenvalue weighted by atomic mass is 16.5. The lowest BCUT2D eigenvalue weighted by Crippen LogP contribution is -2.30. The van der Waals surface area contributed by atoms with Crippen molar-refractivity contribution in [3.63, 3.8) is 0 Å². The van der Waals surface area contributed by atoms with Crippen molar-refractivity contribution in [2.75, 3.05) is 0 Å². The van der Waals surface area contributed by atoms with Crippen molar-refractivity contribution < 1.29 is 19.4 Å². The Morgan fingerprint density at radius 1 is 1.25 bits per heavy atom. The number of aromatic nitrogens is 1. The van der Waals surface area contributed by atoms with E-state index in [2.05, 4.69) is 4.98 Å². The Hall–Kier alpha value is -2.93. The van der Waals surface area contributed by atoms with E-state index in [0.29, 0.717) is 0 Å². The zero-order valence-electron chi connectivity index (χ0n) is 10.2. The fourth-order valence-electron chi connectivity index (χ4n) is 1.53. The minimum absolute atomic E-state index is 0.0377. The van der Waals surface area contributed by atoms with Gasteiger partial charge in [-0.05, 0) is 18.2 Å². The Kier molecular flexibility index (Phi) is 3.92. The van der Waals surface area contributed by atoms with Gasteiger partial charge in [-0.25, -0.2) is 15.6 Å². The summed E-state index contributed by atoms with van der Waals surface area (Å²) in [6, 6.07) is 9.01. The smallest absolute Gasteiger partial charge is 0.335 e. The highest BCUT2D eigenvalue weighted by molar-refractivity contribution is 5.96. The Morgan fingerprint density at radius 3 is 2.70 bits per heavy atom. The van der Waals surface area contributed by atoms with Crippen LogP contribution in [0.25, 0.3) is 0 Å². The van der Waals surface area contributed by atoms with Crippen LogP contribution in [0.2, 0.25) is 0 Å². The van der Waals surface area contributed by atoms with E-state index in [0.717, 1.165) is 0 Å². The minimum Gasteiger partial charge on any atom is -0.478 e. The summed E-state index contributed by atoms with van der Waals surface area (Å²) in [5, 5.41) is 8.89. The molecule has 0 radical (unpaired) electrons. The molecule has 0 spiro atoms. The first-order valence-corrected chi connectivity index (χ1v) is 5.59. The van der Waals surface area contributed by atoms with Gasteiger partial charge in [0.2, 0.25) is 5.88 Å². The lowest BCUT2D eigenvalue weighted by Gasteiger charge is -2.09. The van der Waals surface area contributed by atoms with Gasteiger partial charge in [0.15, 0.2) is 0 Å². The predicted molar refractivity (Wildman–Crippen MR) is 69.4 cm³/mol. The summed E-state index contributed by atoms with van der Waals surface area (Å²) in [4.78, 5) is 26.3. The van der Waals surface area contributed by atoms with Crippen LogP contribution in [-0.4, -0.2) is 22.0 Å². The summed E-state index contributed by atoms with van der Waals surface area (Å²) in [6.07, 6.45) is 1.31. The molecule has 0 saturated carbocycles. The van der Waals surface area contributed by atoms with Crippen molar-refractivity contribution in [3.05, 3.63) is 53.7 Å². The van der Waals surface area contributed by atoms with Crippen LogP contribution >= 0.6 is 0 Å². The molecule has 0 aliphatic carbocycles. The SMILES string of the molecule is NNC(=O)c1ccccc1Oc1cc(C(=O)O)ccn1. The fraction of sp³-hybridized carbons (Fsp3) is 0. The van der Waals surface area contributed by atoms with Crippen molar-refractivity contribution in [3.8, 4) is 11.6 Å². The summed E-state index contributed by atoms with van der Waals surface area (Å²) in [5.41, 5.74) is 2.26. The molecule has 0 unspecified atom stereocenters. The normalized spacial score (nSPS) is 9.85. The maximum absolute atomic E-state index is 11.6. The molecule has 1 aromatic carbocycles. The van der Waals surface area contributed by atoms with Crippen LogP contribution < -0.4 is 16.0 Å². The molecule has 0 aliphatic heterocycles. The van der Waals surface area contributed by atoms with Crippen LogP contribution in [0.4, 0.5) is 0 Å². The van der Waals surface area contributed by atoms with Crippen molar-refractivity contribution in [1.29, 1.82) is 0 Å². The summed E-state index contributed by atoms with van der Waals surface area (Å²) in [5.74, 6) is 3.77. The van der Waals surface area contributed by atoms with Gasteiger partial charge < -0.3 is 9.84 Å². The number of pyridine rings is 1. The van der Waals surface area contributed by atoms with E-state index in [9.17, 15) is 9.59 Å². The number of nitrogens with one attached hydrogen (secondary N) is 1. The maximum atomic E-state index is 11.6. The third-order valence-electron chi connectivity index (χ3n) is 2.46. The molecule has 7 nitrogen and oxygen atoms in total. The first kappa shape index (κ1) is 13.5. The topological polar surface area (TPSA) is 115 Å². The van der Waals surface area contributed by atoms with Crippen molar-refractivity contribution in [2.24, 2.45) is 5.84 Å². The minimum atomic E-state index is -1.09. The Labute approximate surface area is 114 Å². The van der Waals surface area contributed by atoms with Crippen LogP contribution in [0, 0.1) is 0 Å². The second-order valence-electron chi connectivity index (χ2n) is 3.76. The van der Waals surface area contributed by atoms with Crippen molar-refractivity contribution >= 4 is 11.9 Å². The van der Waals surface area contributed by atoms with E-state index < -0.39 is 11.9 Å². The highest BCUT2D eigenvalue weighted by Crippen LogP contribution is 2.24. The zero-order valence-corrected chi connectivity index (χ0v) is 10.2. The number of nitrogens with zero attached hydrogens (tertiary/aromatic N) is 1. The fourth-order valence-corrected chi connectivity index (χ4v) is 1.53. The molecule has 0 atom stereocenters. The third kappa shape index (κ3) is 2.90. The molecule has 4 N–H and O–H groups in total. The van der Waals surface area contributed by atoms with Gasteiger partial charge in [0, 0.05) is 12.3 Å². The van der Waals surface area contributed by atoms with E-state index in [4.69, 9.17) is 15.7 Å². The first-order valence-electron chi connectivity index (χ1n) is 5.59. The molecule has 1 heterocycles. The molecular formula is C13H11N3O4. The summed E-state index contributed by atoms with van der Waals surface area (Å²) in [6.45, 7) is 0. The van der Waals surface area contributed by atoms with Crippen LogP contribution in [0.15, 0.2) is 42.6 Å². The third-order valence-corrected chi connectivity index (χ3v) is 2.46. The Morgan fingerprint density at radius 2 is 2.00 bits per heavy atom. The molecule has 1 aromatic heterocycles. The Bertz CT molecular complexity index is 658. The lowest BCUT2D eigenvalue weighted by atomic mass is 10.2. The second kappa shape index (κ2) is 5.81. The molecular weight excluding hydrogens is 262 g/mol. The number of amides is 1. The largest absolute Gasteiger partial charge is 0.478 e. The Balaban J connectivity index is 2.33. The molecule has 2 rings (SSSR count). The van der Waals surface area contributed by atoms with E-state index in [1.54, 1.807) is 18.2 Å². The number of carbonyl (C=O) groups is 2. The maximum Gasteiger partial charge on any atom is 0.335 e. The molecule has 1 amide bonds. The van der Waals surface area contributed by atoms with Gasteiger partial charge >= 0.3 is 5.97 Å². The number of hydrogen-bond acceptors (Lipinski definition) is 5. The number of benzene rings is 1. The average molecular weight is 273 g/mol. The zero-order chi connectivity index (χ0) is 14.5. The van der Waals surface area contributed by atoms with Gasteiger partial charge in [0.05, 0.1) is 11.1 Å². The van der Waals surface area contributed by atoms with Gasteiger partial charge in [-0.1, -0.05) is 12.1 Å². The van der Waals surface area contributed by atoms with Gasteiger partial charge in [-0.3, -0.25) is 10.2 Å². The first-order chi connectivity index (χ1) is 9.61. The van der Waals surface area contributed by atoms with Crippen molar-refractivity contribution in [1.82, 2.24) is 10.4 Å². The summed E-state index contributed by atoms with van der Waals surface area (Å²) in [7, 11) is 0. The molecule has 7 heteroatoms. The molecule has 0 saturated heterocycles. The van der Waals surface area contributed by atoms with Gasteiger partial charge in [-0.2, -0.15) is 0 Å². The van der Waals surface area contributed by atoms with Crippen LogP contribution in [0.1, 0.15) is 20.7 Å². The highest BCUT2D eigenvalue weighted by Gasteiger charge is 2.12. The molecule has 2 aromatic rings. The molecule has 102 valence electrons. The van der Waals surface area contributed by atoms with E-state index in [1.165, 1.54) is 24.4 Å². The van der Waals surface area contributed by atoms with Crippen molar-refractivity contribution in [2.45, 2.75) is 0 Å². The number of carboxylic acids is 1. The molecule has 0 fully saturated rings. The van der Waals surface area contributed by atoms with Crippen LogP contribution in [0.3, 0.4) is 0 Å². The summed E-state index contributed by atoms with van der Waals surface area (Å²) >= 11 is 0. The number of para-hydroxylation sites is 1. The number of hydrazine groups is 1. The van der Waals surface area contributed by atoms with Crippen LogP contribution in [-0.2, 0) is 0 Å². The number of carbonyl (C=O) groups excluding carboxylic acids is 1. The standard InChI is InChI=1S/C13H11N3O4/c14-16-12(17)9-3-1-2-4-10(9)20-11-7-8(13(18)19)5-6-15-11/h1-7H,14H2,(H,16,17)(H,18,19). The molecule has 0 aliphatic rings. The number of carboxylic acid groups (broad SMARTS) is 1. The number of aromatic carboxylic acids is 1. The average Bonchev–Trinajstić information content (AvgIpc) is 2.47. The van der Waals surface area contributed by atoms with Gasteiger partial charge in [0.25, 0.3) is 5.91 Å². The van der Waals surface area contributed by atoms with E-state index in [-0.39, 0.29) is 22.8 Å². The monoisotopic (exact) mass is 273 g/mol. The number of ether oxygens (including phenoxy) is 1. The summed E-state index contributed by atoms with van der Waals surface area (Å²) < 4.78 is 5.43. The number of hydrogen-bond donors (Lipinski definition) is 3. The van der Waals surface area contributed by atoms with E-state index >= 15 is 0 Å². The lowest BCUT2D eigenvalue weighted by molar-refractivity contribution is 0.0696. The number of rotatable bonds is 4. The molecule has 20 heavy (non-hydrogen) atoms. The predicted octanol–water partition coefficient (Wildman–Crippen LogP) is 1.18. The van der Waals surface area contributed by atoms with Gasteiger partial charge in [-0.15, -0.1) is 0 Å². The molecule has 0 bridgehead atoms. The second-order valence-corrected chi connectivity index (χ2v) is 3.76. The van der Waals surface area contributed by atoms with Crippen LogP contribution in [0.5, 0.6) is 11.6 Å². The van der Waals surface area contributed by atoms with Gasteiger partial charge in [0.1, 0.15) is 5.75 Å².